The Kier molecular flexibility index (Phi) is 31.7. The first-order chi connectivity index (χ1) is 21.2. The van der Waals surface area contributed by atoms with Crippen LogP contribution < -0.4 is 0 Å². The highest BCUT2D eigenvalue weighted by Gasteiger charge is 2.39. The van der Waals surface area contributed by atoms with E-state index >= 15 is 0 Å². The Hall–Kier alpha value is 0.810. The van der Waals surface area contributed by atoms with Crippen LogP contribution >= 0.6 is 29.4 Å². The number of hydrogen-bond acceptors (Lipinski definition) is 6. The first-order valence-electron chi connectivity index (χ1n) is 19.2. The van der Waals surface area contributed by atoms with Gasteiger partial charge in [-0.05, 0) is 45.4 Å². The Bertz CT molecular complexity index is 637. The summed E-state index contributed by atoms with van der Waals surface area (Å²) in [4.78, 5) is 0. The lowest BCUT2D eigenvalue weighted by atomic mass is 9.92. The summed E-state index contributed by atoms with van der Waals surface area (Å²) in [6.07, 6.45) is 28.7. The van der Waals surface area contributed by atoms with Gasteiger partial charge in [-0.3, -0.25) is 13.6 Å². The molecule has 2 unspecified atom stereocenters. The average Bonchev–Trinajstić information content (AvgIpc) is 2.98. The van der Waals surface area contributed by atoms with Crippen LogP contribution in [0.25, 0.3) is 0 Å². The smallest absolute Gasteiger partial charge is 0.287 e. The van der Waals surface area contributed by atoms with E-state index in [1.165, 1.54) is 96.3 Å². The lowest BCUT2D eigenvalue weighted by Crippen LogP contribution is -2.29. The van der Waals surface area contributed by atoms with E-state index in [1.54, 1.807) is 0 Å². The quantitative estimate of drug-likeness (QED) is 0.0377. The Balaban J connectivity index is 5.65. The standard InChI is InChI=1S/C37H77O4PS2/c1-8-12-16-20-23-29-36(30-24-21-17-13-9-2)40-42(38,39-33-27-28-34-43-44-35(5)6)41-37(7,31-25-19-15-11-4)32-26-22-18-14-10-3/h35-36H,8-34H2,1-7H3. The van der Waals surface area contributed by atoms with Gasteiger partial charge in [0.2, 0.25) is 0 Å². The summed E-state index contributed by atoms with van der Waals surface area (Å²) in [6, 6.07) is 0. The first-order valence-corrected chi connectivity index (χ1v) is 23.0. The van der Waals surface area contributed by atoms with E-state index < -0.39 is 13.4 Å². The van der Waals surface area contributed by atoms with Crippen molar-refractivity contribution in [3.05, 3.63) is 0 Å². The second-order valence-corrected chi connectivity index (χ2v) is 18.2. The summed E-state index contributed by atoms with van der Waals surface area (Å²) in [5, 5.41) is 0.635. The third kappa shape index (κ3) is 27.9. The van der Waals surface area contributed by atoms with Gasteiger partial charge in [-0.15, -0.1) is 0 Å². The molecule has 0 spiro atoms. The number of unbranched alkanes of at least 4 members (excludes halogenated alkanes) is 16. The molecule has 266 valence electrons. The Morgan fingerprint density at radius 2 is 1.07 bits per heavy atom. The maximum atomic E-state index is 14.6. The monoisotopic (exact) mass is 681 g/mol. The van der Waals surface area contributed by atoms with Gasteiger partial charge in [0.1, 0.15) is 0 Å². The van der Waals surface area contributed by atoms with Crippen LogP contribution in [0.5, 0.6) is 0 Å². The van der Waals surface area contributed by atoms with Crippen molar-refractivity contribution in [2.45, 2.75) is 226 Å². The van der Waals surface area contributed by atoms with Crippen molar-refractivity contribution in [2.75, 3.05) is 12.4 Å². The highest BCUT2D eigenvalue weighted by molar-refractivity contribution is 8.76. The molecule has 0 saturated heterocycles. The van der Waals surface area contributed by atoms with E-state index in [1.807, 2.05) is 21.6 Å². The van der Waals surface area contributed by atoms with Gasteiger partial charge in [0, 0.05) is 11.0 Å². The average molecular weight is 681 g/mol. The minimum absolute atomic E-state index is 0.0593. The normalized spacial score (nSPS) is 14.8. The highest BCUT2D eigenvalue weighted by Crippen LogP contribution is 2.56. The summed E-state index contributed by atoms with van der Waals surface area (Å²) in [5.41, 5.74) is -0.480. The van der Waals surface area contributed by atoms with Crippen LogP contribution in [0.1, 0.15) is 209 Å². The van der Waals surface area contributed by atoms with Crippen molar-refractivity contribution in [2.24, 2.45) is 0 Å². The minimum atomic E-state index is -3.72. The molecule has 0 aromatic carbocycles. The molecular formula is C37H77O4PS2. The predicted octanol–water partition coefficient (Wildman–Crippen LogP) is 14.9. The zero-order valence-corrected chi connectivity index (χ0v) is 33.2. The first kappa shape index (κ1) is 44.8. The van der Waals surface area contributed by atoms with E-state index in [0.717, 1.165) is 70.0 Å². The van der Waals surface area contributed by atoms with Crippen LogP contribution in [0, 0.1) is 0 Å². The predicted molar refractivity (Wildman–Crippen MR) is 201 cm³/mol. The van der Waals surface area contributed by atoms with E-state index in [-0.39, 0.29) is 6.10 Å². The molecule has 0 aliphatic carbocycles. The van der Waals surface area contributed by atoms with Crippen LogP contribution in [0.2, 0.25) is 0 Å². The summed E-state index contributed by atoms with van der Waals surface area (Å²) in [5.74, 6) is 1.09. The summed E-state index contributed by atoms with van der Waals surface area (Å²) < 4.78 is 34.2. The number of hydrogen-bond donors (Lipinski definition) is 0. The van der Waals surface area contributed by atoms with Gasteiger partial charge in [0.15, 0.2) is 0 Å². The molecule has 0 saturated carbocycles. The molecule has 0 radical (unpaired) electrons. The fourth-order valence-electron chi connectivity index (χ4n) is 5.60. The molecule has 0 rings (SSSR count). The molecule has 0 amide bonds. The maximum Gasteiger partial charge on any atom is 0.475 e. The van der Waals surface area contributed by atoms with Gasteiger partial charge in [0.25, 0.3) is 0 Å². The molecule has 0 aliphatic heterocycles. The fourth-order valence-corrected chi connectivity index (χ4v) is 9.56. The van der Waals surface area contributed by atoms with Gasteiger partial charge >= 0.3 is 7.82 Å². The zero-order valence-electron chi connectivity index (χ0n) is 30.6. The topological polar surface area (TPSA) is 44.8 Å². The molecule has 0 aliphatic rings. The molecule has 0 heterocycles. The van der Waals surface area contributed by atoms with Crippen molar-refractivity contribution >= 4 is 29.4 Å². The summed E-state index contributed by atoms with van der Waals surface area (Å²) in [6.45, 7) is 16.1. The molecule has 7 heteroatoms. The third-order valence-electron chi connectivity index (χ3n) is 8.37. The second kappa shape index (κ2) is 31.1. The molecule has 0 fully saturated rings. The molecule has 0 bridgehead atoms. The summed E-state index contributed by atoms with van der Waals surface area (Å²) >= 11 is 0. The van der Waals surface area contributed by atoms with Crippen LogP contribution in [0.3, 0.4) is 0 Å². The van der Waals surface area contributed by atoms with Gasteiger partial charge in [-0.1, -0.05) is 185 Å². The molecule has 44 heavy (non-hydrogen) atoms. The molecule has 0 N–H and O–H groups in total. The summed E-state index contributed by atoms with van der Waals surface area (Å²) in [7, 11) is 0.137. The van der Waals surface area contributed by atoms with Crippen molar-refractivity contribution in [1.82, 2.24) is 0 Å². The second-order valence-electron chi connectivity index (χ2n) is 13.6. The van der Waals surface area contributed by atoms with Gasteiger partial charge in [-0.2, -0.15) is 0 Å². The lowest BCUT2D eigenvalue weighted by Gasteiger charge is -2.34. The van der Waals surface area contributed by atoms with Gasteiger partial charge in [-0.25, -0.2) is 4.57 Å². The fraction of sp³-hybridized carbons (Fsp3) is 1.00. The van der Waals surface area contributed by atoms with Crippen LogP contribution in [0.15, 0.2) is 0 Å². The van der Waals surface area contributed by atoms with Crippen LogP contribution in [-0.4, -0.2) is 29.3 Å². The SMILES string of the molecule is CCCCCCCC(CCCCCCC)OP(=O)(OCCCCSSC(C)C)OC(C)(CCCCCC)CCCCCCC. The lowest BCUT2D eigenvalue weighted by molar-refractivity contribution is -0.00941. The largest absolute Gasteiger partial charge is 0.475 e. The zero-order chi connectivity index (χ0) is 32.8. The minimum Gasteiger partial charge on any atom is -0.287 e. The van der Waals surface area contributed by atoms with Crippen LogP contribution in [-0.2, 0) is 18.1 Å². The Labute approximate surface area is 284 Å². The maximum absolute atomic E-state index is 14.6. The van der Waals surface area contributed by atoms with Crippen molar-refractivity contribution < 1.29 is 18.1 Å². The van der Waals surface area contributed by atoms with Crippen molar-refractivity contribution in [1.29, 1.82) is 0 Å². The van der Waals surface area contributed by atoms with Crippen molar-refractivity contribution in [3.8, 4) is 0 Å². The third-order valence-corrected chi connectivity index (χ3v) is 13.1. The highest BCUT2D eigenvalue weighted by atomic mass is 33.1. The Morgan fingerprint density at radius 3 is 1.55 bits per heavy atom. The van der Waals surface area contributed by atoms with Crippen LogP contribution in [0.4, 0.5) is 0 Å². The van der Waals surface area contributed by atoms with E-state index in [0.29, 0.717) is 11.9 Å². The molecular weight excluding hydrogens is 604 g/mol. The van der Waals surface area contributed by atoms with Gasteiger partial charge in [0.05, 0.1) is 18.3 Å². The number of rotatable bonds is 35. The molecule has 0 aromatic heterocycles. The number of phosphoric ester groups is 1. The molecule has 4 nitrogen and oxygen atoms in total. The molecule has 0 aromatic rings. The number of phosphoric acid groups is 1. The van der Waals surface area contributed by atoms with Crippen molar-refractivity contribution in [3.63, 3.8) is 0 Å². The van der Waals surface area contributed by atoms with E-state index in [9.17, 15) is 4.57 Å². The van der Waals surface area contributed by atoms with E-state index in [2.05, 4.69) is 48.5 Å². The Morgan fingerprint density at radius 1 is 0.614 bits per heavy atom. The van der Waals surface area contributed by atoms with Gasteiger partial charge < -0.3 is 0 Å². The molecule has 2 atom stereocenters. The van der Waals surface area contributed by atoms with E-state index in [4.69, 9.17) is 13.6 Å².